The van der Waals surface area contributed by atoms with E-state index in [0.29, 0.717) is 0 Å². The summed E-state index contributed by atoms with van der Waals surface area (Å²) in [5, 5.41) is 7.44. The zero-order valence-electron chi connectivity index (χ0n) is 22.6. The highest BCUT2D eigenvalue weighted by molar-refractivity contribution is 6.26. The highest BCUT2D eigenvalue weighted by Crippen LogP contribution is 2.39. The first-order valence-corrected chi connectivity index (χ1v) is 13.9. The molecule has 0 saturated heterocycles. The van der Waals surface area contributed by atoms with Gasteiger partial charge in [0.25, 0.3) is 0 Å². The Balaban J connectivity index is 1.25. The van der Waals surface area contributed by atoms with Crippen molar-refractivity contribution in [1.29, 1.82) is 0 Å². The maximum absolute atomic E-state index is 4.73. The fourth-order valence-corrected chi connectivity index (χ4v) is 5.85. The average molecular weight is 537 g/mol. The van der Waals surface area contributed by atoms with E-state index in [1.807, 2.05) is 49.1 Å². The summed E-state index contributed by atoms with van der Waals surface area (Å²) in [6, 6.07) is 38.6. The van der Waals surface area contributed by atoms with Gasteiger partial charge in [-0.2, -0.15) is 0 Å². The molecule has 4 aromatic heterocycles. The third-order valence-electron chi connectivity index (χ3n) is 7.94. The number of aromatic nitrogens is 4. The van der Waals surface area contributed by atoms with Crippen LogP contribution < -0.4 is 0 Å². The van der Waals surface area contributed by atoms with Crippen molar-refractivity contribution in [2.45, 2.75) is 0 Å². The number of rotatable bonds is 4. The van der Waals surface area contributed by atoms with E-state index in [1.165, 1.54) is 32.3 Å². The molecule has 0 atom stereocenters. The van der Waals surface area contributed by atoms with Gasteiger partial charge in [0.1, 0.15) is 0 Å². The Kier molecular flexibility index (Phi) is 5.75. The molecule has 196 valence electrons. The van der Waals surface area contributed by atoms with Gasteiger partial charge in [0.2, 0.25) is 0 Å². The van der Waals surface area contributed by atoms with Crippen LogP contribution in [-0.2, 0) is 0 Å². The molecule has 0 N–H and O–H groups in total. The summed E-state index contributed by atoms with van der Waals surface area (Å²) in [5.41, 5.74) is 8.39. The lowest BCUT2D eigenvalue weighted by molar-refractivity contribution is 1.28. The number of hydrogen-bond donors (Lipinski definition) is 0. The van der Waals surface area contributed by atoms with Crippen molar-refractivity contribution >= 4 is 32.3 Å². The van der Waals surface area contributed by atoms with Crippen LogP contribution in [0, 0.1) is 0 Å². The minimum Gasteiger partial charge on any atom is -0.264 e. The second-order valence-electron chi connectivity index (χ2n) is 10.4. The Morgan fingerprint density at radius 1 is 0.310 bits per heavy atom. The Morgan fingerprint density at radius 3 is 1.48 bits per heavy atom. The molecule has 4 nitrogen and oxygen atoms in total. The van der Waals surface area contributed by atoms with Crippen LogP contribution in [-0.4, -0.2) is 19.9 Å². The van der Waals surface area contributed by atoms with Gasteiger partial charge in [0.05, 0.1) is 11.4 Å². The van der Waals surface area contributed by atoms with Gasteiger partial charge in [-0.15, -0.1) is 0 Å². The highest BCUT2D eigenvalue weighted by Gasteiger charge is 2.12. The smallest absolute Gasteiger partial charge is 0.0723 e. The molecular formula is C38H24N4. The molecule has 42 heavy (non-hydrogen) atoms. The highest BCUT2D eigenvalue weighted by atomic mass is 14.7. The van der Waals surface area contributed by atoms with Crippen LogP contribution in [0.15, 0.2) is 146 Å². The molecule has 8 aromatic rings. The van der Waals surface area contributed by atoms with E-state index in [2.05, 4.69) is 99.9 Å². The maximum atomic E-state index is 4.73. The molecule has 4 aromatic carbocycles. The van der Waals surface area contributed by atoms with Crippen LogP contribution in [0.3, 0.4) is 0 Å². The molecule has 0 radical (unpaired) electrons. The lowest BCUT2D eigenvalue weighted by Crippen LogP contribution is -1.89. The maximum Gasteiger partial charge on any atom is 0.0723 e. The van der Waals surface area contributed by atoms with Crippen molar-refractivity contribution in [3.63, 3.8) is 0 Å². The first-order chi connectivity index (χ1) is 20.8. The van der Waals surface area contributed by atoms with Gasteiger partial charge in [-0.05, 0) is 104 Å². The number of benzene rings is 4. The van der Waals surface area contributed by atoms with Gasteiger partial charge in [-0.25, -0.2) is 0 Å². The van der Waals surface area contributed by atoms with Crippen LogP contribution in [0.2, 0.25) is 0 Å². The van der Waals surface area contributed by atoms with E-state index in [0.717, 1.165) is 44.8 Å². The summed E-state index contributed by atoms with van der Waals surface area (Å²) in [6.07, 6.45) is 11.1. The fourth-order valence-electron chi connectivity index (χ4n) is 5.85. The van der Waals surface area contributed by atoms with Crippen molar-refractivity contribution in [3.8, 4) is 44.8 Å². The molecule has 4 heterocycles. The van der Waals surface area contributed by atoms with Crippen molar-refractivity contribution < 1.29 is 0 Å². The molecule has 0 spiro atoms. The van der Waals surface area contributed by atoms with E-state index in [-0.39, 0.29) is 0 Å². The second kappa shape index (κ2) is 10.0. The minimum atomic E-state index is 0.916. The van der Waals surface area contributed by atoms with E-state index in [9.17, 15) is 0 Å². The SMILES string of the molecule is c1cncc(-c2ccc(-c3ccc4c5ccc(-c6ccnc(-c7cccnc7)c6)cc5c5ccccc5c4c3)cn2)c1. The van der Waals surface area contributed by atoms with Crippen molar-refractivity contribution in [1.82, 2.24) is 19.9 Å². The van der Waals surface area contributed by atoms with Gasteiger partial charge in [0, 0.05) is 53.9 Å². The Bertz CT molecular complexity index is 2210. The van der Waals surface area contributed by atoms with Gasteiger partial charge in [-0.1, -0.05) is 54.6 Å². The Labute approximate surface area is 243 Å². The molecule has 0 unspecified atom stereocenters. The molecule has 0 saturated carbocycles. The fraction of sp³-hybridized carbons (Fsp3) is 0. The normalized spacial score (nSPS) is 11.3. The summed E-state index contributed by atoms with van der Waals surface area (Å²) < 4.78 is 0. The molecule has 0 aliphatic carbocycles. The predicted molar refractivity (Wildman–Crippen MR) is 172 cm³/mol. The lowest BCUT2D eigenvalue weighted by Gasteiger charge is -2.14. The van der Waals surface area contributed by atoms with Crippen LogP contribution in [0.5, 0.6) is 0 Å². The predicted octanol–water partition coefficient (Wildman–Crippen LogP) is 9.39. The third kappa shape index (κ3) is 4.18. The monoisotopic (exact) mass is 536 g/mol. The van der Waals surface area contributed by atoms with Gasteiger partial charge in [-0.3, -0.25) is 19.9 Å². The van der Waals surface area contributed by atoms with E-state index in [1.54, 1.807) is 12.4 Å². The number of pyridine rings is 4. The summed E-state index contributed by atoms with van der Waals surface area (Å²) in [6.45, 7) is 0. The molecule has 4 heteroatoms. The second-order valence-corrected chi connectivity index (χ2v) is 10.4. The number of nitrogens with zero attached hydrogens (tertiary/aromatic N) is 4. The lowest BCUT2D eigenvalue weighted by atomic mass is 9.90. The first kappa shape index (κ1) is 24.1. The van der Waals surface area contributed by atoms with Crippen molar-refractivity contribution in [2.75, 3.05) is 0 Å². The quantitative estimate of drug-likeness (QED) is 0.210. The summed E-state index contributed by atoms with van der Waals surface area (Å²) in [4.78, 5) is 17.8. The zero-order valence-corrected chi connectivity index (χ0v) is 22.6. The molecule has 8 rings (SSSR count). The van der Waals surface area contributed by atoms with Crippen LogP contribution in [0.4, 0.5) is 0 Å². The van der Waals surface area contributed by atoms with Crippen molar-refractivity contribution in [3.05, 3.63) is 146 Å². The number of fused-ring (bicyclic) bond motifs is 6. The van der Waals surface area contributed by atoms with Crippen LogP contribution in [0.1, 0.15) is 0 Å². The molecule has 0 bridgehead atoms. The third-order valence-corrected chi connectivity index (χ3v) is 7.94. The topological polar surface area (TPSA) is 51.6 Å². The van der Waals surface area contributed by atoms with Crippen molar-refractivity contribution in [2.24, 2.45) is 0 Å². The largest absolute Gasteiger partial charge is 0.264 e. The van der Waals surface area contributed by atoms with Crippen LogP contribution in [0.25, 0.3) is 77.1 Å². The van der Waals surface area contributed by atoms with E-state index >= 15 is 0 Å². The Hall–Kier alpha value is -5.74. The van der Waals surface area contributed by atoms with Crippen LogP contribution >= 0.6 is 0 Å². The Morgan fingerprint density at radius 2 is 0.881 bits per heavy atom. The summed E-state index contributed by atoms with van der Waals surface area (Å²) >= 11 is 0. The van der Waals surface area contributed by atoms with Gasteiger partial charge in [0.15, 0.2) is 0 Å². The van der Waals surface area contributed by atoms with Gasteiger partial charge < -0.3 is 0 Å². The molecule has 0 amide bonds. The standard InChI is InChI=1S/C38H24N4/c1-2-8-32-31(7-1)35-19-25(27-15-18-41-38(21-27)30-6-4-17-40-23-30)9-12-33(35)34-13-10-26(20-36(32)34)28-11-14-37(42-24-28)29-5-3-16-39-22-29/h1-24H. The molecular weight excluding hydrogens is 512 g/mol. The summed E-state index contributed by atoms with van der Waals surface area (Å²) in [5.74, 6) is 0. The molecule has 0 fully saturated rings. The zero-order chi connectivity index (χ0) is 27.9. The number of hydrogen-bond acceptors (Lipinski definition) is 4. The first-order valence-electron chi connectivity index (χ1n) is 13.9. The molecule has 0 aliphatic heterocycles. The summed E-state index contributed by atoms with van der Waals surface area (Å²) in [7, 11) is 0. The minimum absolute atomic E-state index is 0.916. The van der Waals surface area contributed by atoms with E-state index in [4.69, 9.17) is 4.98 Å². The molecule has 0 aliphatic rings. The van der Waals surface area contributed by atoms with Gasteiger partial charge >= 0.3 is 0 Å². The van der Waals surface area contributed by atoms with E-state index < -0.39 is 0 Å². The average Bonchev–Trinajstić information content (AvgIpc) is 3.09.